The molecule has 4 nitrogen and oxygen atoms in total. The predicted octanol–water partition coefficient (Wildman–Crippen LogP) is 14.8. The van der Waals surface area contributed by atoms with Crippen molar-refractivity contribution < 1.29 is 0 Å². The van der Waals surface area contributed by atoms with Gasteiger partial charge >= 0.3 is 0 Å². The predicted molar refractivity (Wildman–Crippen MR) is 260 cm³/mol. The van der Waals surface area contributed by atoms with Gasteiger partial charge in [0.25, 0.3) is 0 Å². The molecule has 1 aliphatic heterocycles. The van der Waals surface area contributed by atoms with Gasteiger partial charge in [0.05, 0.1) is 33.5 Å². The molecular formula is C58H38N4. The molecule has 0 saturated heterocycles. The molecule has 0 bridgehead atoms. The van der Waals surface area contributed by atoms with Crippen molar-refractivity contribution in [3.63, 3.8) is 0 Å². The number of para-hydroxylation sites is 3. The highest BCUT2D eigenvalue weighted by Crippen LogP contribution is 2.43. The molecule has 1 N–H and O–H groups in total. The summed E-state index contributed by atoms with van der Waals surface area (Å²) in [5.41, 5.74) is 14.9. The van der Waals surface area contributed by atoms with Crippen LogP contribution in [0, 0.1) is 0 Å². The lowest BCUT2D eigenvalue weighted by Crippen LogP contribution is -2.21. The molecule has 10 aromatic carbocycles. The Morgan fingerprint density at radius 1 is 0.371 bits per heavy atom. The van der Waals surface area contributed by atoms with Crippen LogP contribution in [0.1, 0.15) is 22.9 Å². The van der Waals surface area contributed by atoms with E-state index in [-0.39, 0.29) is 6.17 Å². The Bertz CT molecular complexity index is 3790. The number of aliphatic imine (C=N–C) groups is 1. The summed E-state index contributed by atoms with van der Waals surface area (Å²) >= 11 is 0. The van der Waals surface area contributed by atoms with Crippen molar-refractivity contribution >= 4 is 76.6 Å². The third-order valence-electron chi connectivity index (χ3n) is 12.9. The topological polar surface area (TPSA) is 34.2 Å². The van der Waals surface area contributed by atoms with E-state index in [4.69, 9.17) is 4.99 Å². The van der Waals surface area contributed by atoms with Gasteiger partial charge in [-0.05, 0) is 87.4 Å². The van der Waals surface area contributed by atoms with E-state index < -0.39 is 0 Å². The zero-order valence-electron chi connectivity index (χ0n) is 33.7. The SMILES string of the molecule is c1ccc(-n2c3ccccc3c3c(-c4ccc5c(c4)c4ccccc4n5-c4cccc(C5N=C(c6cccc7ccccc67)c6ccc7ccccc7c6N5)c4)cccc32)cc1. The van der Waals surface area contributed by atoms with Crippen LogP contribution in [0.25, 0.3) is 87.7 Å². The van der Waals surface area contributed by atoms with Crippen LogP contribution < -0.4 is 5.32 Å². The lowest BCUT2D eigenvalue weighted by atomic mass is 9.91. The largest absolute Gasteiger partial charge is 0.359 e. The number of nitrogens with zero attached hydrogens (tertiary/aromatic N) is 3. The second-order valence-corrected chi connectivity index (χ2v) is 16.3. The Labute approximate surface area is 358 Å². The van der Waals surface area contributed by atoms with E-state index in [0.29, 0.717) is 0 Å². The minimum Gasteiger partial charge on any atom is -0.359 e. The van der Waals surface area contributed by atoms with Crippen LogP contribution in [0.5, 0.6) is 0 Å². The average molecular weight is 791 g/mol. The fourth-order valence-electron chi connectivity index (χ4n) is 10.2. The smallest absolute Gasteiger partial charge is 0.145 e. The zero-order valence-corrected chi connectivity index (χ0v) is 33.7. The Kier molecular flexibility index (Phi) is 7.63. The Hall–Kier alpha value is -8.21. The number of rotatable bonds is 5. The summed E-state index contributed by atoms with van der Waals surface area (Å²) in [5, 5.41) is 13.7. The Balaban J connectivity index is 0.974. The summed E-state index contributed by atoms with van der Waals surface area (Å²) in [6.45, 7) is 0. The zero-order chi connectivity index (χ0) is 40.7. The quantitative estimate of drug-likeness (QED) is 0.185. The molecule has 0 spiro atoms. The van der Waals surface area contributed by atoms with E-state index in [0.717, 1.165) is 39.5 Å². The van der Waals surface area contributed by atoms with Crippen LogP contribution in [-0.2, 0) is 0 Å². The summed E-state index contributed by atoms with van der Waals surface area (Å²) in [6.07, 6.45) is -0.305. The minimum atomic E-state index is -0.305. The van der Waals surface area contributed by atoms with E-state index >= 15 is 0 Å². The first-order valence-electron chi connectivity index (χ1n) is 21.3. The lowest BCUT2D eigenvalue weighted by Gasteiger charge is -2.28. The van der Waals surface area contributed by atoms with E-state index in [1.165, 1.54) is 76.3 Å². The summed E-state index contributed by atoms with van der Waals surface area (Å²) in [5.74, 6) is 0. The molecule has 0 aliphatic carbocycles. The molecule has 0 saturated carbocycles. The number of aromatic nitrogens is 2. The normalized spacial score (nSPS) is 13.9. The maximum absolute atomic E-state index is 5.57. The lowest BCUT2D eigenvalue weighted by molar-refractivity contribution is 0.829. The molecule has 1 aliphatic rings. The van der Waals surface area contributed by atoms with Crippen molar-refractivity contribution in [2.45, 2.75) is 6.17 Å². The molecule has 1 atom stereocenters. The van der Waals surface area contributed by atoms with Crippen LogP contribution >= 0.6 is 0 Å². The first kappa shape index (κ1) is 34.6. The molecule has 13 rings (SSSR count). The number of hydrogen-bond acceptors (Lipinski definition) is 2. The summed E-state index contributed by atoms with van der Waals surface area (Å²) in [4.78, 5) is 5.57. The molecule has 62 heavy (non-hydrogen) atoms. The number of anilines is 1. The third-order valence-corrected chi connectivity index (χ3v) is 12.9. The van der Waals surface area contributed by atoms with Gasteiger partial charge in [-0.25, -0.2) is 0 Å². The summed E-state index contributed by atoms with van der Waals surface area (Å²) in [7, 11) is 0. The van der Waals surface area contributed by atoms with E-state index in [1.54, 1.807) is 0 Å². The van der Waals surface area contributed by atoms with Gasteiger partial charge in [-0.15, -0.1) is 0 Å². The fraction of sp³-hybridized carbons (Fsp3) is 0.0172. The van der Waals surface area contributed by atoms with E-state index in [2.05, 4.69) is 233 Å². The highest BCUT2D eigenvalue weighted by molar-refractivity contribution is 6.25. The molecule has 1 unspecified atom stereocenters. The van der Waals surface area contributed by atoms with Gasteiger partial charge in [-0.1, -0.05) is 164 Å². The molecule has 12 aromatic rings. The highest BCUT2D eigenvalue weighted by Gasteiger charge is 2.26. The third kappa shape index (κ3) is 5.23. The van der Waals surface area contributed by atoms with Crippen molar-refractivity contribution in [2.24, 2.45) is 4.99 Å². The maximum atomic E-state index is 5.57. The van der Waals surface area contributed by atoms with Gasteiger partial charge in [-0.3, -0.25) is 4.99 Å². The van der Waals surface area contributed by atoms with Crippen LogP contribution in [0.15, 0.2) is 223 Å². The van der Waals surface area contributed by atoms with Crippen LogP contribution in [0.4, 0.5) is 5.69 Å². The Morgan fingerprint density at radius 3 is 1.82 bits per heavy atom. The second-order valence-electron chi connectivity index (χ2n) is 16.3. The first-order valence-corrected chi connectivity index (χ1v) is 21.3. The fourth-order valence-corrected chi connectivity index (χ4v) is 10.2. The highest BCUT2D eigenvalue weighted by atomic mass is 15.1. The summed E-state index contributed by atoms with van der Waals surface area (Å²) in [6, 6.07) is 79.2. The molecular weight excluding hydrogens is 753 g/mol. The van der Waals surface area contributed by atoms with Gasteiger partial charge in [0.1, 0.15) is 6.17 Å². The van der Waals surface area contributed by atoms with Gasteiger partial charge in [-0.2, -0.15) is 0 Å². The maximum Gasteiger partial charge on any atom is 0.145 e. The average Bonchev–Trinajstić information content (AvgIpc) is 3.86. The molecule has 0 fully saturated rings. The molecule has 2 aromatic heterocycles. The van der Waals surface area contributed by atoms with Gasteiger partial charge < -0.3 is 14.5 Å². The number of benzene rings is 10. The van der Waals surface area contributed by atoms with Crippen molar-refractivity contribution in [3.8, 4) is 22.5 Å². The van der Waals surface area contributed by atoms with Crippen LogP contribution in [0.2, 0.25) is 0 Å². The standard InChI is InChI=1S/C58H38N4/c1-2-19-41(20-3-1)61-52-29-11-9-25-48(52)55-44(26-14-30-54(55)61)39-32-34-53-50(36-39)46-24-8-10-28-51(46)62(53)42-21-12-18-40(35-42)58-59-56-45-23-7-5-16-38(45)31-33-49(56)57(60-58)47-27-13-17-37-15-4-6-22-43(37)47/h1-36,58-59H. The van der Waals surface area contributed by atoms with Gasteiger partial charge in [0.2, 0.25) is 0 Å². The molecule has 0 amide bonds. The number of nitrogens with one attached hydrogen (secondary N) is 1. The van der Waals surface area contributed by atoms with Crippen molar-refractivity contribution in [1.82, 2.24) is 9.13 Å². The molecule has 3 heterocycles. The second kappa shape index (κ2) is 13.7. The van der Waals surface area contributed by atoms with Gasteiger partial charge in [0.15, 0.2) is 0 Å². The Morgan fingerprint density at radius 2 is 0.968 bits per heavy atom. The van der Waals surface area contributed by atoms with Gasteiger partial charge in [0, 0.05) is 49.4 Å². The van der Waals surface area contributed by atoms with E-state index in [1.807, 2.05) is 0 Å². The monoisotopic (exact) mass is 790 g/mol. The molecule has 0 radical (unpaired) electrons. The molecule has 4 heteroatoms. The van der Waals surface area contributed by atoms with E-state index in [9.17, 15) is 0 Å². The molecule has 290 valence electrons. The first-order chi connectivity index (χ1) is 30.8. The number of hydrogen-bond donors (Lipinski definition) is 1. The number of fused-ring (bicyclic) bond motifs is 10. The van der Waals surface area contributed by atoms with Crippen LogP contribution in [0.3, 0.4) is 0 Å². The van der Waals surface area contributed by atoms with Crippen molar-refractivity contribution in [2.75, 3.05) is 5.32 Å². The summed E-state index contributed by atoms with van der Waals surface area (Å²) < 4.78 is 4.81. The van der Waals surface area contributed by atoms with Crippen molar-refractivity contribution in [3.05, 3.63) is 235 Å². The van der Waals surface area contributed by atoms with Crippen molar-refractivity contribution in [1.29, 1.82) is 0 Å². The minimum absolute atomic E-state index is 0.305. The van der Waals surface area contributed by atoms with Crippen LogP contribution in [-0.4, -0.2) is 14.8 Å².